The number of hydrogen-bond acceptors (Lipinski definition) is 7. The van der Waals surface area contributed by atoms with E-state index in [9.17, 15) is 9.59 Å². The van der Waals surface area contributed by atoms with Crippen molar-refractivity contribution in [3.05, 3.63) is 58.1 Å². The Kier molecular flexibility index (Phi) is 6.52. The van der Waals surface area contributed by atoms with Gasteiger partial charge in [-0.15, -0.1) is 0 Å². The molecule has 1 N–H and O–H groups in total. The average Bonchev–Trinajstić information content (AvgIpc) is 3.37. The lowest BCUT2D eigenvalue weighted by atomic mass is 9.98. The van der Waals surface area contributed by atoms with E-state index in [2.05, 4.69) is 20.9 Å². The number of rotatable bonds is 6. The molecular weight excluding hydrogens is 498 g/mol. The largest absolute Gasteiger partial charge is 0.493 e. The summed E-state index contributed by atoms with van der Waals surface area (Å²) in [6.07, 6.45) is 0.295. The predicted octanol–water partition coefficient (Wildman–Crippen LogP) is 4.09. The normalized spacial score (nSPS) is 20.2. The highest BCUT2D eigenvalue weighted by molar-refractivity contribution is 9.10. The summed E-state index contributed by atoms with van der Waals surface area (Å²) in [5.74, 6) is -0.294. The molecule has 2 heterocycles. The third kappa shape index (κ3) is 4.51. The molecule has 32 heavy (non-hydrogen) atoms. The number of thioether (sulfide) groups is 1. The number of benzene rings is 2. The smallest absolute Gasteiger partial charge is 0.305 e. The van der Waals surface area contributed by atoms with Gasteiger partial charge in [-0.05, 0) is 35.4 Å². The topological polar surface area (TPSA) is 101 Å². The first-order valence-corrected chi connectivity index (χ1v) is 11.4. The number of carbonyl (C=O) groups excluding carboxylic acids is 1. The third-order valence-corrected chi connectivity index (χ3v) is 6.84. The number of carboxylic acid groups (broad SMARTS) is 1. The van der Waals surface area contributed by atoms with Gasteiger partial charge in [0.05, 0.1) is 32.4 Å². The molecule has 2 aliphatic heterocycles. The zero-order valence-corrected chi connectivity index (χ0v) is 19.7. The number of carbonyl (C=O) groups is 2. The molecule has 2 aromatic rings. The average molecular weight is 518 g/mol. The van der Waals surface area contributed by atoms with Gasteiger partial charge in [-0.25, -0.2) is 5.01 Å². The van der Waals surface area contributed by atoms with Crippen LogP contribution in [0.2, 0.25) is 0 Å². The van der Waals surface area contributed by atoms with Crippen molar-refractivity contribution >= 4 is 50.4 Å². The molecule has 166 valence electrons. The van der Waals surface area contributed by atoms with Crippen LogP contribution in [-0.2, 0) is 9.59 Å². The summed E-state index contributed by atoms with van der Waals surface area (Å²) in [4.78, 5) is 27.6. The minimum absolute atomic E-state index is 0.240. The maximum Gasteiger partial charge on any atom is 0.305 e. The molecule has 0 bridgehead atoms. The minimum atomic E-state index is -1.04. The summed E-state index contributed by atoms with van der Waals surface area (Å²) in [5, 5.41) is 15.2. The maximum absolute atomic E-state index is 12.3. The van der Waals surface area contributed by atoms with Crippen LogP contribution in [0, 0.1) is 0 Å². The van der Waals surface area contributed by atoms with Gasteiger partial charge >= 0.3 is 5.97 Å². The summed E-state index contributed by atoms with van der Waals surface area (Å²) in [6.45, 7) is 0. The zero-order chi connectivity index (χ0) is 22.8. The van der Waals surface area contributed by atoms with Crippen molar-refractivity contribution in [2.24, 2.45) is 10.1 Å². The number of aliphatic imine (C=N–C) groups is 1. The summed E-state index contributed by atoms with van der Waals surface area (Å²) < 4.78 is 11.8. The zero-order valence-electron chi connectivity index (χ0n) is 17.3. The Morgan fingerprint density at radius 2 is 1.91 bits per heavy atom. The van der Waals surface area contributed by atoms with Crippen LogP contribution >= 0.6 is 27.7 Å². The number of hydrazone groups is 1. The quantitative estimate of drug-likeness (QED) is 0.615. The molecule has 0 fully saturated rings. The third-order valence-electron chi connectivity index (χ3n) is 5.17. The molecule has 4 rings (SSSR count). The molecule has 2 aromatic carbocycles. The highest BCUT2D eigenvalue weighted by atomic mass is 79.9. The molecule has 0 radical (unpaired) electrons. The fourth-order valence-corrected chi connectivity index (χ4v) is 4.90. The molecule has 10 heteroatoms. The number of aliphatic carboxylic acids is 1. The number of carboxylic acids is 1. The number of methoxy groups -OCH3 is 2. The molecule has 0 spiro atoms. The second-order valence-corrected chi connectivity index (χ2v) is 9.26. The van der Waals surface area contributed by atoms with Crippen LogP contribution in [0.5, 0.6) is 11.5 Å². The second kappa shape index (κ2) is 9.33. The number of nitrogens with zero attached hydrogens (tertiary/aromatic N) is 3. The first kappa shape index (κ1) is 22.3. The lowest BCUT2D eigenvalue weighted by Crippen LogP contribution is -2.24. The van der Waals surface area contributed by atoms with Crippen molar-refractivity contribution in [1.29, 1.82) is 0 Å². The van der Waals surface area contributed by atoms with E-state index in [4.69, 9.17) is 19.7 Å². The van der Waals surface area contributed by atoms with Gasteiger partial charge in [0, 0.05) is 10.9 Å². The number of amides is 1. The van der Waals surface area contributed by atoms with Gasteiger partial charge in [0.25, 0.3) is 5.91 Å². The SMILES string of the molecule is COc1ccc(C2CC(c3ccc(Br)cc3)=NN2C2=NC(=O)C(CC(=O)O)S2)cc1OC. The van der Waals surface area contributed by atoms with Gasteiger partial charge in [0.1, 0.15) is 5.25 Å². The van der Waals surface area contributed by atoms with Gasteiger partial charge in [-0.3, -0.25) is 9.59 Å². The summed E-state index contributed by atoms with van der Waals surface area (Å²) in [6, 6.07) is 13.2. The van der Waals surface area contributed by atoms with E-state index in [1.807, 2.05) is 42.5 Å². The number of amidine groups is 1. The molecule has 2 unspecified atom stereocenters. The highest BCUT2D eigenvalue weighted by Gasteiger charge is 2.39. The first-order valence-electron chi connectivity index (χ1n) is 9.75. The standard InChI is InChI=1S/C22H20BrN3O5S/c1-30-17-8-5-13(9-18(17)31-2)16-10-15(12-3-6-14(23)7-4-12)25-26(16)22-24-21(29)19(32-22)11-20(27)28/h3-9,16,19H,10-11H2,1-2H3,(H,27,28). The van der Waals surface area contributed by atoms with Crippen molar-refractivity contribution in [1.82, 2.24) is 5.01 Å². The second-order valence-electron chi connectivity index (χ2n) is 7.17. The Balaban J connectivity index is 1.70. The predicted molar refractivity (Wildman–Crippen MR) is 125 cm³/mol. The highest BCUT2D eigenvalue weighted by Crippen LogP contribution is 2.41. The molecule has 0 aliphatic carbocycles. The van der Waals surface area contributed by atoms with Crippen molar-refractivity contribution in [3.63, 3.8) is 0 Å². The van der Waals surface area contributed by atoms with Crippen molar-refractivity contribution in [3.8, 4) is 11.5 Å². The van der Waals surface area contributed by atoms with E-state index < -0.39 is 17.1 Å². The number of halogens is 1. The molecule has 8 nitrogen and oxygen atoms in total. The van der Waals surface area contributed by atoms with Crippen LogP contribution in [0.1, 0.15) is 30.0 Å². The number of ether oxygens (including phenoxy) is 2. The van der Waals surface area contributed by atoms with Crippen LogP contribution < -0.4 is 9.47 Å². The van der Waals surface area contributed by atoms with E-state index in [0.717, 1.165) is 33.1 Å². The fourth-order valence-electron chi connectivity index (χ4n) is 3.59. The fraction of sp³-hybridized carbons (Fsp3) is 0.273. The van der Waals surface area contributed by atoms with E-state index >= 15 is 0 Å². The van der Waals surface area contributed by atoms with Gasteiger partial charge in [-0.1, -0.05) is 45.9 Å². The Bertz CT molecular complexity index is 1120. The van der Waals surface area contributed by atoms with Crippen molar-refractivity contribution in [2.45, 2.75) is 24.1 Å². The van der Waals surface area contributed by atoms with E-state index in [1.54, 1.807) is 19.2 Å². The van der Waals surface area contributed by atoms with Crippen molar-refractivity contribution in [2.75, 3.05) is 14.2 Å². The van der Waals surface area contributed by atoms with E-state index in [-0.39, 0.29) is 12.5 Å². The molecule has 0 aromatic heterocycles. The van der Waals surface area contributed by atoms with Gasteiger partial charge in [-0.2, -0.15) is 10.1 Å². The maximum atomic E-state index is 12.3. The summed E-state index contributed by atoms with van der Waals surface area (Å²) in [5.41, 5.74) is 2.71. The van der Waals surface area contributed by atoms with Crippen LogP contribution in [0.4, 0.5) is 0 Å². The van der Waals surface area contributed by atoms with Crippen LogP contribution in [0.25, 0.3) is 0 Å². The first-order chi connectivity index (χ1) is 15.4. The molecule has 2 atom stereocenters. The van der Waals surface area contributed by atoms with Crippen LogP contribution in [0.3, 0.4) is 0 Å². The molecule has 2 aliphatic rings. The van der Waals surface area contributed by atoms with Gasteiger partial charge < -0.3 is 14.6 Å². The Labute approximate surface area is 197 Å². The summed E-state index contributed by atoms with van der Waals surface area (Å²) in [7, 11) is 3.15. The Morgan fingerprint density at radius 3 is 2.56 bits per heavy atom. The Hall–Kier alpha value is -2.85. The number of hydrogen-bond donors (Lipinski definition) is 1. The molecule has 0 saturated heterocycles. The molecule has 1 amide bonds. The monoisotopic (exact) mass is 517 g/mol. The van der Waals surface area contributed by atoms with Crippen LogP contribution in [0.15, 0.2) is 57.0 Å². The molecular formula is C22H20BrN3O5S. The lowest BCUT2D eigenvalue weighted by Gasteiger charge is -2.23. The summed E-state index contributed by atoms with van der Waals surface area (Å²) >= 11 is 4.58. The minimum Gasteiger partial charge on any atom is -0.493 e. The molecule has 0 saturated carbocycles. The van der Waals surface area contributed by atoms with Gasteiger partial charge in [0.2, 0.25) is 0 Å². The van der Waals surface area contributed by atoms with Crippen molar-refractivity contribution < 1.29 is 24.2 Å². The lowest BCUT2D eigenvalue weighted by molar-refractivity contribution is -0.138. The van der Waals surface area contributed by atoms with Gasteiger partial charge in [0.15, 0.2) is 16.7 Å². The van der Waals surface area contributed by atoms with E-state index in [0.29, 0.717) is 23.1 Å². The van der Waals surface area contributed by atoms with Crippen LogP contribution in [-0.4, -0.2) is 52.3 Å². The van der Waals surface area contributed by atoms with E-state index in [1.165, 1.54) is 0 Å². The Morgan fingerprint density at radius 1 is 1.19 bits per heavy atom.